The molecule has 1 aromatic rings. The number of hydrogen-bond acceptors (Lipinski definition) is 1. The summed E-state index contributed by atoms with van der Waals surface area (Å²) in [6.07, 6.45) is 6.26. The van der Waals surface area contributed by atoms with Crippen LogP contribution < -0.4 is 0 Å². The van der Waals surface area contributed by atoms with Gasteiger partial charge in [0, 0.05) is 5.56 Å². The van der Waals surface area contributed by atoms with E-state index in [4.69, 9.17) is 0 Å². The van der Waals surface area contributed by atoms with Gasteiger partial charge in [-0.2, -0.15) is 0 Å². The highest BCUT2D eigenvalue weighted by Gasteiger charge is 2.16. The van der Waals surface area contributed by atoms with Crippen molar-refractivity contribution in [2.75, 3.05) is 0 Å². The summed E-state index contributed by atoms with van der Waals surface area (Å²) in [5.41, 5.74) is 2.19. The van der Waals surface area contributed by atoms with Crippen molar-refractivity contribution in [2.45, 2.75) is 31.6 Å². The molecule has 1 nitrogen and oxygen atoms in total. The van der Waals surface area contributed by atoms with Crippen LogP contribution >= 0.6 is 0 Å². The minimum atomic E-state index is 0.751. The topological polar surface area (TPSA) is 17.1 Å². The monoisotopic (exact) mass is 174 g/mol. The van der Waals surface area contributed by atoms with E-state index < -0.39 is 0 Å². The van der Waals surface area contributed by atoms with E-state index in [9.17, 15) is 4.79 Å². The van der Waals surface area contributed by atoms with E-state index in [-0.39, 0.29) is 0 Å². The minimum Gasteiger partial charge on any atom is -0.298 e. The number of hydrogen-bond donors (Lipinski definition) is 0. The van der Waals surface area contributed by atoms with Crippen molar-refractivity contribution < 1.29 is 4.79 Å². The molecule has 0 saturated heterocycles. The van der Waals surface area contributed by atoms with Crippen LogP contribution in [0, 0.1) is 0 Å². The Morgan fingerprint density at radius 2 is 1.69 bits per heavy atom. The molecule has 0 heterocycles. The summed E-state index contributed by atoms with van der Waals surface area (Å²) < 4.78 is 0. The number of carbonyl (C=O) groups excluding carboxylic acids is 1. The zero-order chi connectivity index (χ0) is 9.10. The van der Waals surface area contributed by atoms with Crippen molar-refractivity contribution in [1.29, 1.82) is 0 Å². The summed E-state index contributed by atoms with van der Waals surface area (Å²) in [6.45, 7) is 0. The maximum atomic E-state index is 10.4. The summed E-state index contributed by atoms with van der Waals surface area (Å²) >= 11 is 0. The molecule has 0 aliphatic heterocycles. The van der Waals surface area contributed by atoms with E-state index in [0.29, 0.717) is 0 Å². The predicted octanol–water partition coefficient (Wildman–Crippen LogP) is 3.16. The van der Waals surface area contributed by atoms with Crippen molar-refractivity contribution in [2.24, 2.45) is 0 Å². The average Bonchev–Trinajstić information content (AvgIpc) is 2.71. The van der Waals surface area contributed by atoms with Crippen molar-refractivity contribution in [1.82, 2.24) is 0 Å². The number of aldehydes is 1. The molecule has 2 rings (SSSR count). The molecule has 1 fully saturated rings. The summed E-state index contributed by atoms with van der Waals surface area (Å²) in [5.74, 6) is 0.751. The van der Waals surface area contributed by atoms with E-state index in [2.05, 4.69) is 12.1 Å². The molecule has 0 aromatic heterocycles. The first-order valence-corrected chi connectivity index (χ1v) is 4.95. The van der Waals surface area contributed by atoms with E-state index in [1.807, 2.05) is 12.1 Å². The zero-order valence-corrected chi connectivity index (χ0v) is 7.70. The van der Waals surface area contributed by atoms with Gasteiger partial charge in [0.15, 0.2) is 0 Å². The molecule has 0 spiro atoms. The molecule has 1 saturated carbocycles. The molecule has 0 radical (unpaired) electrons. The van der Waals surface area contributed by atoms with Crippen LogP contribution in [0.15, 0.2) is 24.3 Å². The number of rotatable bonds is 2. The molecular weight excluding hydrogens is 160 g/mol. The van der Waals surface area contributed by atoms with Crippen LogP contribution in [0.1, 0.15) is 47.5 Å². The lowest BCUT2D eigenvalue weighted by Gasteiger charge is -2.08. The van der Waals surface area contributed by atoms with Crippen molar-refractivity contribution >= 4 is 6.29 Å². The van der Waals surface area contributed by atoms with E-state index in [1.165, 1.54) is 31.2 Å². The van der Waals surface area contributed by atoms with Crippen molar-refractivity contribution in [3.05, 3.63) is 35.4 Å². The third-order valence-electron chi connectivity index (χ3n) is 2.90. The summed E-state index contributed by atoms with van der Waals surface area (Å²) in [5, 5.41) is 0. The molecule has 0 N–H and O–H groups in total. The van der Waals surface area contributed by atoms with Gasteiger partial charge in [-0.1, -0.05) is 37.1 Å². The van der Waals surface area contributed by atoms with E-state index in [1.54, 1.807) is 0 Å². The quantitative estimate of drug-likeness (QED) is 0.629. The number of benzene rings is 1. The second-order valence-corrected chi connectivity index (χ2v) is 3.77. The molecule has 68 valence electrons. The average molecular weight is 174 g/mol. The molecule has 13 heavy (non-hydrogen) atoms. The Kier molecular flexibility index (Phi) is 2.44. The summed E-state index contributed by atoms with van der Waals surface area (Å²) in [4.78, 5) is 10.4. The second-order valence-electron chi connectivity index (χ2n) is 3.77. The van der Waals surface area contributed by atoms with Crippen LogP contribution in [0.4, 0.5) is 0 Å². The van der Waals surface area contributed by atoms with Gasteiger partial charge in [0.2, 0.25) is 0 Å². The van der Waals surface area contributed by atoms with Gasteiger partial charge in [-0.05, 0) is 24.3 Å². The summed E-state index contributed by atoms with van der Waals surface area (Å²) in [7, 11) is 0. The molecule has 0 bridgehead atoms. The van der Waals surface area contributed by atoms with Gasteiger partial charge in [0.1, 0.15) is 6.29 Å². The SMILES string of the molecule is O=Cc1ccc(C2CCCC2)cc1. The highest BCUT2D eigenvalue weighted by Crippen LogP contribution is 2.33. The van der Waals surface area contributed by atoms with Gasteiger partial charge in [-0.3, -0.25) is 4.79 Å². The Bertz CT molecular complexity index is 280. The highest BCUT2D eigenvalue weighted by molar-refractivity contribution is 5.74. The molecule has 0 atom stereocenters. The fourth-order valence-corrected chi connectivity index (χ4v) is 2.11. The van der Waals surface area contributed by atoms with Crippen LogP contribution in [0.2, 0.25) is 0 Å². The first kappa shape index (κ1) is 8.49. The van der Waals surface area contributed by atoms with Gasteiger partial charge < -0.3 is 0 Å². The maximum absolute atomic E-state index is 10.4. The Morgan fingerprint density at radius 3 is 2.23 bits per heavy atom. The lowest BCUT2D eigenvalue weighted by atomic mass is 9.97. The predicted molar refractivity (Wildman–Crippen MR) is 53.0 cm³/mol. The second kappa shape index (κ2) is 3.73. The zero-order valence-electron chi connectivity index (χ0n) is 7.70. The molecule has 1 aliphatic carbocycles. The molecule has 0 amide bonds. The molecular formula is C12H14O. The third-order valence-corrected chi connectivity index (χ3v) is 2.90. The van der Waals surface area contributed by atoms with Gasteiger partial charge in [0.25, 0.3) is 0 Å². The summed E-state index contributed by atoms with van der Waals surface area (Å²) in [6, 6.07) is 8.03. The van der Waals surface area contributed by atoms with Crippen LogP contribution in [-0.2, 0) is 0 Å². The Hall–Kier alpha value is -1.11. The lowest BCUT2D eigenvalue weighted by Crippen LogP contribution is -1.91. The van der Waals surface area contributed by atoms with Crippen LogP contribution in [0.25, 0.3) is 0 Å². The fourth-order valence-electron chi connectivity index (χ4n) is 2.11. The molecule has 0 unspecified atom stereocenters. The first-order chi connectivity index (χ1) is 6.40. The van der Waals surface area contributed by atoms with Gasteiger partial charge in [-0.25, -0.2) is 0 Å². The van der Waals surface area contributed by atoms with Gasteiger partial charge in [0.05, 0.1) is 0 Å². The normalized spacial score (nSPS) is 17.5. The van der Waals surface area contributed by atoms with Gasteiger partial charge in [-0.15, -0.1) is 0 Å². The Labute approximate surface area is 78.8 Å². The van der Waals surface area contributed by atoms with Crippen molar-refractivity contribution in [3.63, 3.8) is 0 Å². The molecule has 1 aliphatic rings. The minimum absolute atomic E-state index is 0.751. The molecule has 1 aromatic carbocycles. The Morgan fingerprint density at radius 1 is 1.08 bits per heavy atom. The highest BCUT2D eigenvalue weighted by atomic mass is 16.1. The fraction of sp³-hybridized carbons (Fsp3) is 0.417. The van der Waals surface area contributed by atoms with Crippen LogP contribution in [0.3, 0.4) is 0 Å². The lowest BCUT2D eigenvalue weighted by molar-refractivity contribution is 0.112. The van der Waals surface area contributed by atoms with Crippen LogP contribution in [-0.4, -0.2) is 6.29 Å². The van der Waals surface area contributed by atoms with Gasteiger partial charge >= 0.3 is 0 Å². The third kappa shape index (κ3) is 1.80. The number of carbonyl (C=O) groups is 1. The first-order valence-electron chi connectivity index (χ1n) is 4.95. The van der Waals surface area contributed by atoms with Crippen molar-refractivity contribution in [3.8, 4) is 0 Å². The molecule has 1 heteroatoms. The largest absolute Gasteiger partial charge is 0.298 e. The van der Waals surface area contributed by atoms with E-state index in [0.717, 1.165) is 17.8 Å². The maximum Gasteiger partial charge on any atom is 0.150 e. The van der Waals surface area contributed by atoms with E-state index >= 15 is 0 Å². The van der Waals surface area contributed by atoms with Crippen LogP contribution in [0.5, 0.6) is 0 Å². The smallest absolute Gasteiger partial charge is 0.150 e. The standard InChI is InChI=1S/C12H14O/c13-9-10-5-7-12(8-6-10)11-3-1-2-4-11/h5-9,11H,1-4H2. The Balaban J connectivity index is 2.16.